The third-order valence-electron chi connectivity index (χ3n) is 4.26. The molecule has 1 saturated carbocycles. The molecular weight excluding hydrogens is 262 g/mol. The van der Waals surface area contributed by atoms with E-state index in [0.717, 1.165) is 36.2 Å². The SMILES string of the molecule is CC[C@@H](C)N(Cc1cc(N)ccc1N(C)C)C(=O)C1CC1. The van der Waals surface area contributed by atoms with Gasteiger partial charge in [0.05, 0.1) is 0 Å². The summed E-state index contributed by atoms with van der Waals surface area (Å²) in [5.74, 6) is 0.555. The van der Waals surface area contributed by atoms with Crippen LogP contribution in [0, 0.1) is 5.92 Å². The lowest BCUT2D eigenvalue weighted by Crippen LogP contribution is -2.39. The van der Waals surface area contributed by atoms with Gasteiger partial charge in [-0.2, -0.15) is 0 Å². The summed E-state index contributed by atoms with van der Waals surface area (Å²) in [5, 5.41) is 0. The number of benzene rings is 1. The third-order valence-corrected chi connectivity index (χ3v) is 4.26. The zero-order valence-electron chi connectivity index (χ0n) is 13.6. The van der Waals surface area contributed by atoms with Crippen LogP contribution >= 0.6 is 0 Å². The fourth-order valence-corrected chi connectivity index (χ4v) is 2.59. The molecule has 2 rings (SSSR count). The zero-order valence-corrected chi connectivity index (χ0v) is 13.6. The minimum absolute atomic E-state index is 0.253. The maximum absolute atomic E-state index is 12.6. The molecule has 0 aromatic heterocycles. The Balaban J connectivity index is 2.27. The summed E-state index contributed by atoms with van der Waals surface area (Å²) in [7, 11) is 4.04. The molecule has 0 spiro atoms. The quantitative estimate of drug-likeness (QED) is 0.819. The van der Waals surface area contributed by atoms with Gasteiger partial charge in [-0.1, -0.05) is 6.92 Å². The van der Waals surface area contributed by atoms with Crippen molar-refractivity contribution in [2.75, 3.05) is 24.7 Å². The zero-order chi connectivity index (χ0) is 15.6. The average molecular weight is 289 g/mol. The molecule has 1 aromatic rings. The van der Waals surface area contributed by atoms with E-state index in [-0.39, 0.29) is 12.0 Å². The Hall–Kier alpha value is -1.71. The summed E-state index contributed by atoms with van der Waals surface area (Å²) in [4.78, 5) is 16.7. The van der Waals surface area contributed by atoms with E-state index in [1.165, 1.54) is 0 Å². The van der Waals surface area contributed by atoms with Crippen LogP contribution < -0.4 is 10.6 Å². The number of hydrogen-bond donors (Lipinski definition) is 1. The molecule has 1 aliphatic carbocycles. The van der Waals surface area contributed by atoms with Crippen molar-refractivity contribution in [3.8, 4) is 0 Å². The molecule has 0 radical (unpaired) electrons. The minimum Gasteiger partial charge on any atom is -0.399 e. The normalized spacial score (nSPS) is 15.6. The molecule has 4 nitrogen and oxygen atoms in total. The molecule has 0 bridgehead atoms. The van der Waals surface area contributed by atoms with Crippen LogP contribution in [-0.4, -0.2) is 30.9 Å². The predicted octanol–water partition coefficient (Wildman–Crippen LogP) is 2.87. The van der Waals surface area contributed by atoms with Gasteiger partial charge in [-0.3, -0.25) is 4.79 Å². The van der Waals surface area contributed by atoms with Crippen LogP contribution in [0.5, 0.6) is 0 Å². The first kappa shape index (κ1) is 15.7. The Bertz CT molecular complexity index is 509. The minimum atomic E-state index is 0.253. The third kappa shape index (κ3) is 3.69. The smallest absolute Gasteiger partial charge is 0.226 e. The maximum Gasteiger partial charge on any atom is 0.226 e. The highest BCUT2D eigenvalue weighted by Crippen LogP contribution is 2.33. The van der Waals surface area contributed by atoms with E-state index in [1.807, 2.05) is 37.2 Å². The van der Waals surface area contributed by atoms with Gasteiger partial charge in [0.15, 0.2) is 0 Å². The Morgan fingerprint density at radius 1 is 1.38 bits per heavy atom. The van der Waals surface area contributed by atoms with Gasteiger partial charge in [-0.25, -0.2) is 0 Å². The van der Waals surface area contributed by atoms with Gasteiger partial charge < -0.3 is 15.5 Å². The molecule has 116 valence electrons. The van der Waals surface area contributed by atoms with E-state index in [0.29, 0.717) is 12.5 Å². The van der Waals surface area contributed by atoms with Crippen LogP contribution in [0.4, 0.5) is 11.4 Å². The maximum atomic E-state index is 12.6. The van der Waals surface area contributed by atoms with E-state index in [1.54, 1.807) is 0 Å². The van der Waals surface area contributed by atoms with Crippen LogP contribution in [0.25, 0.3) is 0 Å². The van der Waals surface area contributed by atoms with Crippen molar-refractivity contribution in [2.24, 2.45) is 5.92 Å². The highest BCUT2D eigenvalue weighted by molar-refractivity contribution is 5.81. The first-order valence-electron chi connectivity index (χ1n) is 7.80. The van der Waals surface area contributed by atoms with E-state index in [2.05, 4.69) is 18.7 Å². The molecule has 1 aromatic carbocycles. The Labute approximate surface area is 127 Å². The Morgan fingerprint density at radius 2 is 2.05 bits per heavy atom. The fraction of sp³-hybridized carbons (Fsp3) is 0.588. The summed E-state index contributed by atoms with van der Waals surface area (Å²) in [5.41, 5.74) is 8.93. The number of nitrogen functional groups attached to an aromatic ring is 1. The van der Waals surface area contributed by atoms with Crippen molar-refractivity contribution in [3.05, 3.63) is 23.8 Å². The number of hydrogen-bond acceptors (Lipinski definition) is 3. The van der Waals surface area contributed by atoms with Gasteiger partial charge in [-0.05, 0) is 49.9 Å². The van der Waals surface area contributed by atoms with Gasteiger partial charge in [0.1, 0.15) is 0 Å². The summed E-state index contributed by atoms with van der Waals surface area (Å²) in [6.07, 6.45) is 3.06. The lowest BCUT2D eigenvalue weighted by molar-refractivity contribution is -0.135. The number of anilines is 2. The van der Waals surface area contributed by atoms with Crippen molar-refractivity contribution in [2.45, 2.75) is 45.7 Å². The second-order valence-electron chi connectivity index (χ2n) is 6.28. The number of carbonyl (C=O) groups excluding carboxylic acids is 1. The molecule has 4 heteroatoms. The average Bonchev–Trinajstić information content (AvgIpc) is 3.27. The van der Waals surface area contributed by atoms with Gasteiger partial charge in [0.2, 0.25) is 5.91 Å². The number of nitrogens with zero attached hydrogens (tertiary/aromatic N) is 2. The van der Waals surface area contributed by atoms with Gasteiger partial charge in [0.25, 0.3) is 0 Å². The predicted molar refractivity (Wildman–Crippen MR) is 88.2 cm³/mol. The van der Waals surface area contributed by atoms with E-state index in [9.17, 15) is 4.79 Å². The van der Waals surface area contributed by atoms with E-state index < -0.39 is 0 Å². The molecule has 0 heterocycles. The standard InChI is InChI=1S/C17H27N3O/c1-5-12(2)20(17(21)13-6-7-13)11-14-10-15(18)8-9-16(14)19(3)4/h8-10,12-13H,5-7,11,18H2,1-4H3/t12-/m1/s1. The van der Waals surface area contributed by atoms with Crippen molar-refractivity contribution in [1.82, 2.24) is 4.90 Å². The van der Waals surface area contributed by atoms with Crippen LogP contribution in [0.3, 0.4) is 0 Å². The van der Waals surface area contributed by atoms with Crippen LogP contribution in [0.2, 0.25) is 0 Å². The summed E-state index contributed by atoms with van der Waals surface area (Å²) < 4.78 is 0. The lowest BCUT2D eigenvalue weighted by atomic mass is 10.1. The topological polar surface area (TPSA) is 49.6 Å². The first-order chi connectivity index (χ1) is 9.93. The van der Waals surface area contributed by atoms with Crippen molar-refractivity contribution >= 4 is 17.3 Å². The van der Waals surface area contributed by atoms with Gasteiger partial charge in [0, 0.05) is 44.0 Å². The highest BCUT2D eigenvalue weighted by atomic mass is 16.2. The summed E-state index contributed by atoms with van der Waals surface area (Å²) in [6, 6.07) is 6.19. The summed E-state index contributed by atoms with van der Waals surface area (Å²) >= 11 is 0. The molecular formula is C17H27N3O. The number of nitrogens with two attached hydrogens (primary N) is 1. The molecule has 2 N–H and O–H groups in total. The molecule has 0 saturated heterocycles. The molecule has 1 aliphatic rings. The molecule has 21 heavy (non-hydrogen) atoms. The van der Waals surface area contributed by atoms with E-state index >= 15 is 0 Å². The highest BCUT2D eigenvalue weighted by Gasteiger charge is 2.35. The Morgan fingerprint density at radius 3 is 2.57 bits per heavy atom. The number of amides is 1. The van der Waals surface area contributed by atoms with Crippen molar-refractivity contribution in [3.63, 3.8) is 0 Å². The molecule has 1 atom stereocenters. The van der Waals surface area contributed by atoms with Crippen LogP contribution in [-0.2, 0) is 11.3 Å². The molecule has 1 amide bonds. The molecule has 0 unspecified atom stereocenters. The number of carbonyl (C=O) groups is 1. The first-order valence-corrected chi connectivity index (χ1v) is 7.80. The second-order valence-corrected chi connectivity index (χ2v) is 6.28. The number of rotatable bonds is 6. The molecule has 1 fully saturated rings. The second kappa shape index (κ2) is 6.37. The lowest BCUT2D eigenvalue weighted by Gasteiger charge is -2.30. The molecule has 0 aliphatic heterocycles. The van der Waals surface area contributed by atoms with Crippen LogP contribution in [0.15, 0.2) is 18.2 Å². The van der Waals surface area contributed by atoms with Crippen LogP contribution in [0.1, 0.15) is 38.7 Å². The van der Waals surface area contributed by atoms with Crippen molar-refractivity contribution in [1.29, 1.82) is 0 Å². The monoisotopic (exact) mass is 289 g/mol. The summed E-state index contributed by atoms with van der Waals surface area (Å²) in [6.45, 7) is 4.90. The van der Waals surface area contributed by atoms with Gasteiger partial charge >= 0.3 is 0 Å². The van der Waals surface area contributed by atoms with Gasteiger partial charge in [-0.15, -0.1) is 0 Å². The van der Waals surface area contributed by atoms with Crippen molar-refractivity contribution < 1.29 is 4.79 Å². The largest absolute Gasteiger partial charge is 0.399 e. The van der Waals surface area contributed by atoms with E-state index in [4.69, 9.17) is 5.73 Å². The Kier molecular flexibility index (Phi) is 4.76. The fourth-order valence-electron chi connectivity index (χ4n) is 2.59.